The second-order valence-corrected chi connectivity index (χ2v) is 5.31. The van der Waals surface area contributed by atoms with E-state index >= 15 is 0 Å². The third-order valence-corrected chi connectivity index (χ3v) is 3.62. The van der Waals surface area contributed by atoms with Crippen LogP contribution in [0.25, 0.3) is 11.2 Å². The van der Waals surface area contributed by atoms with Crippen molar-refractivity contribution in [1.29, 1.82) is 0 Å². The van der Waals surface area contributed by atoms with Crippen molar-refractivity contribution in [2.45, 2.75) is 32.2 Å². The Bertz CT molecular complexity index is 584. The van der Waals surface area contributed by atoms with Crippen molar-refractivity contribution in [3.8, 4) is 0 Å². The Morgan fingerprint density at radius 3 is 3.06 bits per heavy atom. The topological polar surface area (TPSA) is 66.0 Å². The molecule has 1 aliphatic rings. The van der Waals surface area contributed by atoms with Crippen LogP contribution in [0.5, 0.6) is 0 Å². The van der Waals surface area contributed by atoms with Crippen molar-refractivity contribution >= 4 is 17.1 Å². The summed E-state index contributed by atoms with van der Waals surface area (Å²) in [6, 6.07) is 2.02. The predicted octanol–water partition coefficient (Wildman–Crippen LogP) is 1.85. The van der Waals surface area contributed by atoms with Crippen molar-refractivity contribution in [2.75, 3.05) is 18.9 Å². The van der Waals surface area contributed by atoms with E-state index in [4.69, 9.17) is 10.5 Å². The fourth-order valence-electron chi connectivity index (χ4n) is 2.71. The summed E-state index contributed by atoms with van der Waals surface area (Å²) in [5.74, 6) is 0.524. The first kappa shape index (κ1) is 11.5. The molecule has 96 valence electrons. The first-order valence-corrected chi connectivity index (χ1v) is 6.29. The average molecular weight is 246 g/mol. The average Bonchev–Trinajstić information content (AvgIpc) is 2.65. The maximum absolute atomic E-state index is 6.08. The van der Waals surface area contributed by atoms with Crippen molar-refractivity contribution in [3.63, 3.8) is 0 Å². The van der Waals surface area contributed by atoms with E-state index in [0.29, 0.717) is 12.6 Å². The predicted molar refractivity (Wildman–Crippen MR) is 70.4 cm³/mol. The highest BCUT2D eigenvalue weighted by Gasteiger charge is 2.33. The molecule has 18 heavy (non-hydrogen) atoms. The minimum Gasteiger partial charge on any atom is -0.379 e. The zero-order valence-corrected chi connectivity index (χ0v) is 10.8. The maximum Gasteiger partial charge on any atom is 0.203 e. The molecule has 0 amide bonds. The molecule has 2 aromatic heterocycles. The second kappa shape index (κ2) is 3.95. The maximum atomic E-state index is 6.08. The quantitative estimate of drug-likeness (QED) is 0.834. The zero-order chi connectivity index (χ0) is 12.8. The van der Waals surface area contributed by atoms with E-state index in [2.05, 4.69) is 16.9 Å². The molecule has 1 saturated heterocycles. The monoisotopic (exact) mass is 246 g/mol. The summed E-state index contributed by atoms with van der Waals surface area (Å²) in [6.45, 7) is 5.66. The number of anilines is 1. The lowest BCUT2D eigenvalue weighted by atomic mass is 9.94. The van der Waals surface area contributed by atoms with Gasteiger partial charge >= 0.3 is 0 Å². The number of hydrogen-bond donors (Lipinski definition) is 1. The molecule has 1 aliphatic heterocycles. The number of rotatable bonds is 1. The van der Waals surface area contributed by atoms with E-state index in [1.54, 1.807) is 0 Å². The molecule has 2 aromatic rings. The number of ether oxygens (including phenoxy) is 1. The van der Waals surface area contributed by atoms with Gasteiger partial charge in [-0.1, -0.05) is 0 Å². The van der Waals surface area contributed by atoms with Crippen molar-refractivity contribution in [1.82, 2.24) is 14.5 Å². The van der Waals surface area contributed by atoms with Crippen LogP contribution in [-0.4, -0.2) is 27.7 Å². The molecule has 1 unspecified atom stereocenters. The third kappa shape index (κ3) is 1.66. The summed E-state index contributed by atoms with van der Waals surface area (Å²) in [5.41, 5.74) is 8.74. The van der Waals surface area contributed by atoms with E-state index in [-0.39, 0.29) is 5.54 Å². The first-order chi connectivity index (χ1) is 8.60. The van der Waals surface area contributed by atoms with Crippen molar-refractivity contribution in [3.05, 3.63) is 17.8 Å². The molecule has 0 radical (unpaired) electrons. The number of imidazole rings is 1. The summed E-state index contributed by atoms with van der Waals surface area (Å²) in [6.07, 6.45) is 3.94. The van der Waals surface area contributed by atoms with Crippen LogP contribution < -0.4 is 5.73 Å². The zero-order valence-electron chi connectivity index (χ0n) is 10.8. The number of hydrogen-bond acceptors (Lipinski definition) is 4. The highest BCUT2D eigenvalue weighted by Crippen LogP contribution is 2.32. The van der Waals surface area contributed by atoms with Crippen LogP contribution in [0.15, 0.2) is 12.3 Å². The number of aromatic nitrogens is 3. The van der Waals surface area contributed by atoms with E-state index < -0.39 is 0 Å². The molecule has 0 aliphatic carbocycles. The van der Waals surface area contributed by atoms with Gasteiger partial charge in [0.15, 0.2) is 5.65 Å². The number of nitrogens with zero attached hydrogens (tertiary/aromatic N) is 3. The van der Waals surface area contributed by atoms with E-state index in [1.807, 2.05) is 23.8 Å². The molecule has 1 fully saturated rings. The minimum absolute atomic E-state index is 0.140. The van der Waals surface area contributed by atoms with Crippen molar-refractivity contribution in [2.24, 2.45) is 0 Å². The van der Waals surface area contributed by atoms with Gasteiger partial charge in [-0.05, 0) is 38.3 Å². The van der Waals surface area contributed by atoms with Crippen LogP contribution in [-0.2, 0) is 10.3 Å². The molecule has 0 saturated carbocycles. The van der Waals surface area contributed by atoms with Crippen molar-refractivity contribution < 1.29 is 4.74 Å². The van der Waals surface area contributed by atoms with Crippen LogP contribution >= 0.6 is 0 Å². The van der Waals surface area contributed by atoms with Crippen LogP contribution in [0.3, 0.4) is 0 Å². The molecule has 5 heteroatoms. The van der Waals surface area contributed by atoms with Gasteiger partial charge in [0.1, 0.15) is 5.52 Å². The molecule has 3 rings (SSSR count). The molecule has 1 atom stereocenters. The van der Waals surface area contributed by atoms with E-state index in [1.165, 1.54) is 0 Å². The molecular formula is C13H18N4O. The minimum atomic E-state index is -0.140. The van der Waals surface area contributed by atoms with Gasteiger partial charge in [0.25, 0.3) is 0 Å². The fraction of sp³-hybridized carbons (Fsp3) is 0.538. The van der Waals surface area contributed by atoms with Crippen LogP contribution in [0.4, 0.5) is 5.95 Å². The largest absolute Gasteiger partial charge is 0.379 e. The smallest absolute Gasteiger partial charge is 0.203 e. The van der Waals surface area contributed by atoms with Crippen LogP contribution in [0.1, 0.15) is 25.3 Å². The Kier molecular flexibility index (Phi) is 2.52. The van der Waals surface area contributed by atoms with E-state index in [0.717, 1.165) is 36.2 Å². The Morgan fingerprint density at radius 1 is 1.50 bits per heavy atom. The van der Waals surface area contributed by atoms with Gasteiger partial charge in [0, 0.05) is 12.8 Å². The summed E-state index contributed by atoms with van der Waals surface area (Å²) < 4.78 is 7.63. The lowest BCUT2D eigenvalue weighted by Gasteiger charge is -2.35. The highest BCUT2D eigenvalue weighted by atomic mass is 16.5. The molecule has 3 heterocycles. The number of nitrogens with two attached hydrogens (primary N) is 1. The highest BCUT2D eigenvalue weighted by molar-refractivity contribution is 5.75. The Labute approximate surface area is 106 Å². The molecule has 5 nitrogen and oxygen atoms in total. The standard InChI is InChI=1S/C13H18N4O/c1-9-6-10-11(15-7-9)17(12(14)16-10)13(2)4-3-5-18-8-13/h6-7H,3-5,8H2,1-2H3,(H2,14,16). The van der Waals surface area contributed by atoms with Crippen LogP contribution in [0, 0.1) is 6.92 Å². The fourth-order valence-corrected chi connectivity index (χ4v) is 2.71. The Hall–Kier alpha value is -1.62. The normalized spacial score (nSPS) is 24.6. The van der Waals surface area contributed by atoms with Gasteiger partial charge in [0.05, 0.1) is 12.1 Å². The summed E-state index contributed by atoms with van der Waals surface area (Å²) in [7, 11) is 0. The number of pyridine rings is 1. The van der Waals surface area contributed by atoms with Gasteiger partial charge in [-0.25, -0.2) is 9.97 Å². The molecule has 0 bridgehead atoms. The summed E-state index contributed by atoms with van der Waals surface area (Å²) in [5, 5.41) is 0. The third-order valence-electron chi connectivity index (χ3n) is 3.62. The summed E-state index contributed by atoms with van der Waals surface area (Å²) in [4.78, 5) is 8.90. The van der Waals surface area contributed by atoms with Gasteiger partial charge in [-0.2, -0.15) is 0 Å². The Morgan fingerprint density at radius 2 is 2.33 bits per heavy atom. The molecule has 2 N–H and O–H groups in total. The van der Waals surface area contributed by atoms with Crippen LogP contribution in [0.2, 0.25) is 0 Å². The SMILES string of the molecule is Cc1cnc2c(c1)nc(N)n2C1(C)CCCOC1. The molecule has 0 spiro atoms. The molecular weight excluding hydrogens is 228 g/mol. The van der Waals surface area contributed by atoms with Gasteiger partial charge in [-0.3, -0.25) is 4.57 Å². The van der Waals surface area contributed by atoms with E-state index in [9.17, 15) is 0 Å². The lowest BCUT2D eigenvalue weighted by molar-refractivity contribution is 0.0122. The number of nitrogen functional groups attached to an aromatic ring is 1. The lowest BCUT2D eigenvalue weighted by Crippen LogP contribution is -2.39. The second-order valence-electron chi connectivity index (χ2n) is 5.31. The number of aryl methyl sites for hydroxylation is 1. The van der Waals surface area contributed by atoms with Gasteiger partial charge in [-0.15, -0.1) is 0 Å². The number of fused-ring (bicyclic) bond motifs is 1. The Balaban J connectivity index is 2.18. The molecule has 0 aromatic carbocycles. The first-order valence-electron chi connectivity index (χ1n) is 6.29. The van der Waals surface area contributed by atoms with Gasteiger partial charge in [0.2, 0.25) is 5.95 Å². The summed E-state index contributed by atoms with van der Waals surface area (Å²) >= 11 is 0. The van der Waals surface area contributed by atoms with Gasteiger partial charge < -0.3 is 10.5 Å².